The quantitative estimate of drug-likeness (QED) is 0.132. The van der Waals surface area contributed by atoms with Crippen molar-refractivity contribution in [3.8, 4) is 5.75 Å². The summed E-state index contributed by atoms with van der Waals surface area (Å²) in [5.74, 6) is -1.78. The summed E-state index contributed by atoms with van der Waals surface area (Å²) in [6.07, 6.45) is 1.27. The van der Waals surface area contributed by atoms with Gasteiger partial charge in [-0.1, -0.05) is 48.5 Å². The number of likely N-dealkylation sites (tertiary alicyclic amines) is 1. The predicted molar refractivity (Wildman–Crippen MR) is 138 cm³/mol. The molecule has 9 nitrogen and oxygen atoms in total. The van der Waals surface area contributed by atoms with E-state index in [9.17, 15) is 18.6 Å². The molecule has 0 aliphatic carbocycles. The smallest absolute Gasteiger partial charge is 0.332 e. The summed E-state index contributed by atoms with van der Waals surface area (Å²) in [6, 6.07) is 13.4. The Morgan fingerprint density at radius 2 is 1.78 bits per heavy atom. The molecule has 1 fully saturated rings. The zero-order chi connectivity index (χ0) is 27.1. The van der Waals surface area contributed by atoms with E-state index in [1.54, 1.807) is 19.1 Å². The van der Waals surface area contributed by atoms with Crippen LogP contribution in [0.2, 0.25) is 5.02 Å². The molecule has 11 heteroatoms. The monoisotopic (exact) mass is 548 g/mol. The molecule has 0 aromatic heterocycles. The molecule has 1 aliphatic heterocycles. The van der Waals surface area contributed by atoms with Crippen LogP contribution >= 0.6 is 11.6 Å². The van der Waals surface area contributed by atoms with Gasteiger partial charge in [-0.2, -0.15) is 5.06 Å². The Balaban J connectivity index is 1.83. The normalized spacial score (nSPS) is 18.4. The number of methoxy groups -OCH3 is 1. The molecule has 2 aromatic rings. The fraction of sp³-hybridized carbons (Fsp3) is 0.346. The lowest BCUT2D eigenvalue weighted by Gasteiger charge is -2.50. The number of esters is 1. The lowest BCUT2D eigenvalue weighted by molar-refractivity contribution is -0.194. The van der Waals surface area contributed by atoms with E-state index in [0.717, 1.165) is 15.5 Å². The third-order valence-corrected chi connectivity index (χ3v) is 7.18. The van der Waals surface area contributed by atoms with Gasteiger partial charge < -0.3 is 14.5 Å². The van der Waals surface area contributed by atoms with E-state index in [-0.39, 0.29) is 12.4 Å². The van der Waals surface area contributed by atoms with Gasteiger partial charge in [0.15, 0.2) is 34.3 Å². The van der Waals surface area contributed by atoms with Crippen LogP contribution in [0.1, 0.15) is 25.8 Å². The van der Waals surface area contributed by atoms with Crippen LogP contribution in [0.4, 0.5) is 0 Å². The summed E-state index contributed by atoms with van der Waals surface area (Å²) >= 11 is 3.81. The van der Waals surface area contributed by atoms with Crippen LogP contribution < -0.4 is 4.84 Å². The molecule has 0 saturated carbocycles. The van der Waals surface area contributed by atoms with Gasteiger partial charge in [-0.3, -0.25) is 13.8 Å². The van der Waals surface area contributed by atoms with Crippen LogP contribution in [0, 0.1) is 0 Å². The minimum Gasteiger partial charge on any atom is -0.467 e. The second kappa shape index (κ2) is 12.8. The Labute approximate surface area is 223 Å². The number of rotatable bonds is 12. The van der Waals surface area contributed by atoms with Crippen molar-refractivity contribution in [2.24, 2.45) is 0 Å². The van der Waals surface area contributed by atoms with Crippen molar-refractivity contribution in [3.05, 3.63) is 77.3 Å². The van der Waals surface area contributed by atoms with Gasteiger partial charge in [0.2, 0.25) is 0 Å². The van der Waals surface area contributed by atoms with Crippen LogP contribution in [0.25, 0.3) is 0 Å². The first-order valence-electron chi connectivity index (χ1n) is 11.5. The Morgan fingerprint density at radius 1 is 1.14 bits per heavy atom. The Morgan fingerprint density at radius 3 is 2.35 bits per heavy atom. The molecule has 0 bridgehead atoms. The molecule has 37 heavy (non-hydrogen) atoms. The maximum atomic E-state index is 13.4. The molecule has 0 radical (unpaired) electrons. The number of benzene rings is 2. The molecule has 4 atom stereocenters. The zero-order valence-corrected chi connectivity index (χ0v) is 22.4. The summed E-state index contributed by atoms with van der Waals surface area (Å²) in [7, 11) is 1.18. The van der Waals surface area contributed by atoms with Gasteiger partial charge in [-0.15, -0.1) is 0 Å². The number of aryl methyl sites for hydroxylation is 1. The molecule has 198 valence electrons. The highest BCUT2D eigenvalue weighted by molar-refractivity contribution is 7.81. The summed E-state index contributed by atoms with van der Waals surface area (Å²) < 4.78 is 23.8. The highest BCUT2D eigenvalue weighted by Gasteiger charge is 2.60. The molecule has 1 saturated heterocycles. The minimum absolute atomic E-state index is 0.126. The van der Waals surface area contributed by atoms with Crippen LogP contribution in [0.3, 0.4) is 0 Å². The standard InChI is InChI=1S/C26H29ClN2O7S/c1-17(2)22(26(32)34-4)28-24(31)23(29(18(3)30)36-21-14-12-20(27)13-15-21)25(28)37(33)35-16-8-11-19-9-6-5-7-10-19/h5-7,9-10,12-15,22-23,25H,1,8,11,16H2,2-4H3. The van der Waals surface area contributed by atoms with E-state index in [4.69, 9.17) is 25.4 Å². The van der Waals surface area contributed by atoms with Crippen molar-refractivity contribution in [1.29, 1.82) is 0 Å². The molecule has 2 aromatic carbocycles. The number of hydroxylamine groups is 2. The van der Waals surface area contributed by atoms with Gasteiger partial charge in [0, 0.05) is 11.9 Å². The van der Waals surface area contributed by atoms with Crippen molar-refractivity contribution >= 4 is 40.5 Å². The van der Waals surface area contributed by atoms with Crippen LogP contribution in [0.15, 0.2) is 66.7 Å². The first-order valence-corrected chi connectivity index (χ1v) is 13.0. The fourth-order valence-electron chi connectivity index (χ4n) is 3.88. The van der Waals surface area contributed by atoms with Crippen LogP contribution in [-0.4, -0.2) is 63.1 Å². The highest BCUT2D eigenvalue weighted by Crippen LogP contribution is 2.34. The zero-order valence-electron chi connectivity index (χ0n) is 20.8. The largest absolute Gasteiger partial charge is 0.467 e. The number of carbonyl (C=O) groups excluding carboxylic acids is 3. The average molecular weight is 549 g/mol. The van der Waals surface area contributed by atoms with Crippen LogP contribution in [0.5, 0.6) is 5.75 Å². The first-order chi connectivity index (χ1) is 17.6. The molecule has 3 rings (SSSR count). The number of hydrogen-bond donors (Lipinski definition) is 0. The van der Waals surface area contributed by atoms with E-state index < -0.39 is 46.3 Å². The molecule has 2 amide bonds. The number of halogens is 1. The maximum absolute atomic E-state index is 13.4. The molecule has 4 unspecified atom stereocenters. The Bertz CT molecular complexity index is 1160. The summed E-state index contributed by atoms with van der Waals surface area (Å²) in [5, 5.41) is 0.0872. The molecule has 0 N–H and O–H groups in total. The predicted octanol–water partition coefficient (Wildman–Crippen LogP) is 3.45. The van der Waals surface area contributed by atoms with Gasteiger partial charge in [-0.25, -0.2) is 9.00 Å². The summed E-state index contributed by atoms with van der Waals surface area (Å²) in [4.78, 5) is 45.2. The van der Waals surface area contributed by atoms with Crippen molar-refractivity contribution in [1.82, 2.24) is 9.96 Å². The third-order valence-electron chi connectivity index (χ3n) is 5.65. The second-order valence-corrected chi connectivity index (χ2v) is 10.1. The van der Waals surface area contributed by atoms with E-state index in [0.29, 0.717) is 23.4 Å². The van der Waals surface area contributed by atoms with Crippen molar-refractivity contribution in [3.63, 3.8) is 0 Å². The number of carbonyl (C=O) groups is 3. The average Bonchev–Trinajstić information content (AvgIpc) is 2.88. The topological polar surface area (TPSA) is 102 Å². The van der Waals surface area contributed by atoms with E-state index in [2.05, 4.69) is 6.58 Å². The first kappa shape index (κ1) is 28.4. The second-order valence-electron chi connectivity index (χ2n) is 8.41. The fourth-order valence-corrected chi connectivity index (χ4v) is 5.28. The number of hydrogen-bond acceptors (Lipinski definition) is 7. The Kier molecular flexibility index (Phi) is 9.85. The lowest BCUT2D eigenvalue weighted by atomic mass is 9.99. The van der Waals surface area contributed by atoms with Gasteiger partial charge >= 0.3 is 5.97 Å². The molecule has 1 aliphatic rings. The van der Waals surface area contributed by atoms with Gasteiger partial charge in [0.25, 0.3) is 11.8 Å². The lowest BCUT2D eigenvalue weighted by Crippen LogP contribution is -2.76. The van der Waals surface area contributed by atoms with E-state index in [1.807, 2.05) is 30.3 Å². The van der Waals surface area contributed by atoms with E-state index >= 15 is 0 Å². The Hall–Kier alpha value is -3.21. The van der Waals surface area contributed by atoms with Gasteiger partial charge in [-0.05, 0) is 55.2 Å². The third kappa shape index (κ3) is 6.76. The van der Waals surface area contributed by atoms with Crippen molar-refractivity contribution in [2.75, 3.05) is 13.7 Å². The van der Waals surface area contributed by atoms with Crippen molar-refractivity contribution in [2.45, 2.75) is 44.1 Å². The SMILES string of the molecule is C=C(C)C(C(=O)OC)N1C(=O)C(N(Oc2ccc(Cl)cc2)C(C)=O)C1S(=O)OCCCc1ccccc1. The molecular formula is C26H29ClN2O7S. The van der Waals surface area contributed by atoms with Crippen LogP contribution in [-0.2, 0) is 40.8 Å². The molecule has 0 spiro atoms. The number of amides is 2. The van der Waals surface area contributed by atoms with Gasteiger partial charge in [0.05, 0.1) is 13.7 Å². The summed E-state index contributed by atoms with van der Waals surface area (Å²) in [6.45, 7) is 6.68. The number of β-lactam (4-membered cyclic amide) rings is 1. The highest BCUT2D eigenvalue weighted by atomic mass is 35.5. The van der Waals surface area contributed by atoms with Crippen molar-refractivity contribution < 1.29 is 32.4 Å². The summed E-state index contributed by atoms with van der Waals surface area (Å²) in [5.41, 5.74) is 1.40. The number of nitrogens with zero attached hydrogens (tertiary/aromatic N) is 2. The minimum atomic E-state index is -2.11. The molecule has 1 heterocycles. The van der Waals surface area contributed by atoms with E-state index in [1.165, 1.54) is 26.2 Å². The maximum Gasteiger partial charge on any atom is 0.332 e. The molecular weight excluding hydrogens is 520 g/mol. The number of ether oxygens (including phenoxy) is 1. The van der Waals surface area contributed by atoms with Gasteiger partial charge in [0.1, 0.15) is 0 Å².